The van der Waals surface area contributed by atoms with Crippen molar-refractivity contribution in [1.29, 1.82) is 0 Å². The molecule has 1 aromatic carbocycles. The number of nitrogens with zero attached hydrogens (tertiary/aromatic N) is 2. The number of aliphatic carboxylic acids is 1. The number of hydrogen-bond acceptors (Lipinski definition) is 4. The zero-order chi connectivity index (χ0) is 24.7. The molecule has 0 saturated carbocycles. The Morgan fingerprint density at radius 1 is 1.12 bits per heavy atom. The monoisotopic (exact) mass is 467 g/mol. The van der Waals surface area contributed by atoms with Crippen LogP contribution in [0.15, 0.2) is 41.0 Å². The molecule has 0 bridgehead atoms. The highest BCUT2D eigenvalue weighted by atomic mass is 16.4. The Labute approximate surface area is 201 Å². The lowest BCUT2D eigenvalue weighted by atomic mass is 9.93. The first-order valence-electron chi connectivity index (χ1n) is 12.5. The molecule has 1 unspecified atom stereocenters. The maximum Gasteiger partial charge on any atom is 0.326 e. The van der Waals surface area contributed by atoms with E-state index in [2.05, 4.69) is 37.6 Å². The van der Waals surface area contributed by atoms with E-state index in [1.54, 1.807) is 18.4 Å². The van der Waals surface area contributed by atoms with Gasteiger partial charge < -0.3 is 19.4 Å². The van der Waals surface area contributed by atoms with Gasteiger partial charge in [-0.1, -0.05) is 47.0 Å². The molecule has 0 radical (unpaired) electrons. The number of fused-ring (bicyclic) bond motifs is 1. The van der Waals surface area contributed by atoms with Gasteiger partial charge >= 0.3 is 5.97 Å². The van der Waals surface area contributed by atoms with E-state index in [4.69, 9.17) is 9.40 Å². The molecular formula is C27H37N3O4. The topological polar surface area (TPSA) is 97.4 Å². The van der Waals surface area contributed by atoms with Crippen molar-refractivity contribution in [3.8, 4) is 0 Å². The molecule has 2 heterocycles. The first-order chi connectivity index (χ1) is 16.4. The molecule has 34 heavy (non-hydrogen) atoms. The minimum absolute atomic E-state index is 0.272. The summed E-state index contributed by atoms with van der Waals surface area (Å²) in [7, 11) is 0. The number of rotatable bonds is 13. The summed E-state index contributed by atoms with van der Waals surface area (Å²) in [5.74, 6) is 0.620. The van der Waals surface area contributed by atoms with Crippen LogP contribution in [0.25, 0.3) is 11.0 Å². The van der Waals surface area contributed by atoms with Crippen molar-refractivity contribution in [3.05, 3.63) is 53.7 Å². The highest BCUT2D eigenvalue weighted by Gasteiger charge is 2.25. The Kier molecular flexibility index (Phi) is 8.91. The van der Waals surface area contributed by atoms with Crippen LogP contribution in [0.2, 0.25) is 0 Å². The lowest BCUT2D eigenvalue weighted by molar-refractivity contribution is -0.139. The molecule has 0 fully saturated rings. The molecule has 0 aliphatic heterocycles. The molecule has 7 heteroatoms. The average molecular weight is 468 g/mol. The average Bonchev–Trinajstić information content (AvgIpc) is 3.46. The molecule has 184 valence electrons. The smallest absolute Gasteiger partial charge is 0.326 e. The number of carboxylic acids is 1. The predicted molar refractivity (Wildman–Crippen MR) is 133 cm³/mol. The Bertz CT molecular complexity index is 1080. The fourth-order valence-corrected chi connectivity index (χ4v) is 4.74. The molecule has 3 rings (SSSR count). The summed E-state index contributed by atoms with van der Waals surface area (Å²) in [6.45, 7) is 8.47. The normalized spacial score (nSPS) is 13.3. The fourth-order valence-electron chi connectivity index (χ4n) is 4.74. The number of aromatic nitrogens is 2. The Hall–Kier alpha value is -3.09. The van der Waals surface area contributed by atoms with Crippen molar-refractivity contribution in [2.75, 3.05) is 0 Å². The zero-order valence-electron chi connectivity index (χ0n) is 20.7. The van der Waals surface area contributed by atoms with Gasteiger partial charge in [0.05, 0.1) is 23.7 Å². The van der Waals surface area contributed by atoms with Gasteiger partial charge in [0.2, 0.25) is 0 Å². The van der Waals surface area contributed by atoms with Crippen LogP contribution >= 0.6 is 0 Å². The third-order valence-corrected chi connectivity index (χ3v) is 6.69. The van der Waals surface area contributed by atoms with Gasteiger partial charge in [0.25, 0.3) is 5.91 Å². The van der Waals surface area contributed by atoms with Crippen molar-refractivity contribution in [2.24, 2.45) is 5.92 Å². The van der Waals surface area contributed by atoms with E-state index in [0.717, 1.165) is 54.7 Å². The molecule has 2 aromatic heterocycles. The minimum atomic E-state index is -0.997. The Balaban J connectivity index is 1.90. The van der Waals surface area contributed by atoms with Crippen LogP contribution in [0.1, 0.15) is 94.2 Å². The fraction of sp³-hybridized carbons (Fsp3) is 0.519. The van der Waals surface area contributed by atoms with E-state index in [9.17, 15) is 14.7 Å². The number of carboxylic acid groups (broad SMARTS) is 1. The molecule has 0 saturated heterocycles. The molecule has 2 atom stereocenters. The summed E-state index contributed by atoms with van der Waals surface area (Å²) in [4.78, 5) is 29.7. The summed E-state index contributed by atoms with van der Waals surface area (Å²) in [5.41, 5.74) is 2.11. The van der Waals surface area contributed by atoms with Crippen LogP contribution in [0.4, 0.5) is 0 Å². The number of carbonyl (C=O) groups is 2. The molecule has 0 spiro atoms. The van der Waals surface area contributed by atoms with E-state index in [-0.39, 0.29) is 17.9 Å². The number of carbonyl (C=O) groups excluding carboxylic acids is 1. The van der Waals surface area contributed by atoms with E-state index in [0.29, 0.717) is 18.4 Å². The van der Waals surface area contributed by atoms with E-state index in [1.165, 1.54) is 0 Å². The van der Waals surface area contributed by atoms with Gasteiger partial charge in [0.1, 0.15) is 17.6 Å². The second-order valence-electron chi connectivity index (χ2n) is 8.99. The third-order valence-electron chi connectivity index (χ3n) is 6.69. The van der Waals surface area contributed by atoms with Gasteiger partial charge in [-0.05, 0) is 55.5 Å². The second kappa shape index (κ2) is 11.9. The van der Waals surface area contributed by atoms with Crippen LogP contribution in [-0.2, 0) is 11.2 Å². The number of amides is 1. The van der Waals surface area contributed by atoms with E-state index < -0.39 is 12.0 Å². The van der Waals surface area contributed by atoms with Gasteiger partial charge in [0, 0.05) is 11.6 Å². The molecule has 7 nitrogen and oxygen atoms in total. The largest absolute Gasteiger partial charge is 0.480 e. The first-order valence-corrected chi connectivity index (χ1v) is 12.5. The molecular weight excluding hydrogens is 430 g/mol. The zero-order valence-corrected chi connectivity index (χ0v) is 20.7. The van der Waals surface area contributed by atoms with Crippen LogP contribution in [-0.4, -0.2) is 32.6 Å². The molecule has 0 aliphatic rings. The van der Waals surface area contributed by atoms with E-state index in [1.807, 2.05) is 18.2 Å². The van der Waals surface area contributed by atoms with Crippen molar-refractivity contribution in [3.63, 3.8) is 0 Å². The molecule has 0 aliphatic carbocycles. The maximum atomic E-state index is 13.0. The van der Waals surface area contributed by atoms with Gasteiger partial charge in [-0.3, -0.25) is 4.79 Å². The molecule has 3 aromatic rings. The lowest BCUT2D eigenvalue weighted by Crippen LogP contribution is -2.42. The van der Waals surface area contributed by atoms with Crippen LogP contribution in [0, 0.1) is 5.92 Å². The Morgan fingerprint density at radius 3 is 2.47 bits per heavy atom. The highest BCUT2D eigenvalue weighted by Crippen LogP contribution is 2.28. The van der Waals surface area contributed by atoms with Crippen molar-refractivity contribution in [2.45, 2.75) is 84.7 Å². The summed E-state index contributed by atoms with van der Waals surface area (Å²) < 4.78 is 7.79. The maximum absolute atomic E-state index is 13.0. The minimum Gasteiger partial charge on any atom is -0.480 e. The summed E-state index contributed by atoms with van der Waals surface area (Å²) >= 11 is 0. The van der Waals surface area contributed by atoms with E-state index >= 15 is 0 Å². The Morgan fingerprint density at radius 2 is 1.88 bits per heavy atom. The van der Waals surface area contributed by atoms with Crippen LogP contribution < -0.4 is 5.32 Å². The molecule has 1 amide bonds. The first kappa shape index (κ1) is 25.5. The van der Waals surface area contributed by atoms with Gasteiger partial charge in [-0.2, -0.15) is 0 Å². The van der Waals surface area contributed by atoms with Crippen molar-refractivity contribution in [1.82, 2.24) is 14.9 Å². The number of imidazole rings is 1. The van der Waals surface area contributed by atoms with Gasteiger partial charge in [-0.15, -0.1) is 0 Å². The number of benzene rings is 1. The number of hydrogen-bond donors (Lipinski definition) is 2. The predicted octanol–water partition coefficient (Wildman–Crippen LogP) is 5.98. The highest BCUT2D eigenvalue weighted by molar-refractivity contribution is 5.99. The van der Waals surface area contributed by atoms with Gasteiger partial charge in [-0.25, -0.2) is 9.78 Å². The van der Waals surface area contributed by atoms with Crippen molar-refractivity contribution >= 4 is 22.9 Å². The van der Waals surface area contributed by atoms with Crippen LogP contribution in [0.3, 0.4) is 0 Å². The van der Waals surface area contributed by atoms with Gasteiger partial charge in [0.15, 0.2) is 0 Å². The van der Waals surface area contributed by atoms with Crippen molar-refractivity contribution < 1.29 is 19.1 Å². The SMILES string of the molecule is CCCC(CC)C[C@H](NC(=O)c1ccc2c(c1)nc(Cc1ccco1)n2C(CC)CC)C(=O)O. The molecule has 2 N–H and O–H groups in total. The number of furan rings is 1. The summed E-state index contributed by atoms with van der Waals surface area (Å²) in [6, 6.07) is 8.62. The third kappa shape index (κ3) is 5.88. The second-order valence-corrected chi connectivity index (χ2v) is 8.99. The summed E-state index contributed by atoms with van der Waals surface area (Å²) in [5, 5.41) is 12.4. The number of nitrogens with one attached hydrogen (secondary N) is 1. The lowest BCUT2D eigenvalue weighted by Gasteiger charge is -2.20. The summed E-state index contributed by atoms with van der Waals surface area (Å²) in [6.07, 6.45) is 7.43. The quantitative estimate of drug-likeness (QED) is 0.322. The standard InChI is InChI=1S/C27H37N3O4/c1-5-10-18(6-2)15-23(27(32)33)29-26(31)19-12-13-24-22(16-19)28-25(17-21-11-9-14-34-21)30(24)20(7-3)8-4/h9,11-14,16,18,20,23H,5-8,10,15,17H2,1-4H3,(H,29,31)(H,32,33)/t18?,23-/m0/s1. The van der Waals surface area contributed by atoms with Crippen LogP contribution in [0.5, 0.6) is 0 Å².